The number of fused-ring (bicyclic) bond motifs is 1. The predicted molar refractivity (Wildman–Crippen MR) is 170 cm³/mol. The van der Waals surface area contributed by atoms with Gasteiger partial charge in [0.2, 0.25) is 0 Å². The van der Waals surface area contributed by atoms with Gasteiger partial charge in [-0.3, -0.25) is 11.3 Å². The maximum atomic E-state index is 11.5. The summed E-state index contributed by atoms with van der Waals surface area (Å²) in [4.78, 5) is 0. The molecule has 0 spiro atoms. The van der Waals surface area contributed by atoms with Gasteiger partial charge in [0.25, 0.3) is 0 Å². The monoisotopic (exact) mass is 587 g/mol. The molecule has 3 rings (SSSR count). The summed E-state index contributed by atoms with van der Waals surface area (Å²) in [5, 5.41) is 33.6. The summed E-state index contributed by atoms with van der Waals surface area (Å²) < 4.78 is 12.2. The van der Waals surface area contributed by atoms with Gasteiger partial charge >= 0.3 is 0 Å². The van der Waals surface area contributed by atoms with Gasteiger partial charge in [-0.05, 0) is 106 Å². The lowest BCUT2D eigenvalue weighted by Crippen LogP contribution is -2.48. The summed E-state index contributed by atoms with van der Waals surface area (Å²) in [6.45, 7) is 20.3. The number of nitrogens with one attached hydrogen (secondary N) is 1. The average Bonchev–Trinajstić information content (AvgIpc) is 3.14. The maximum Gasteiger partial charge on any atom is 0.162 e. The van der Waals surface area contributed by atoms with Crippen molar-refractivity contribution < 1.29 is 24.8 Å². The largest absolute Gasteiger partial charge is 0.390 e. The first kappa shape index (κ1) is 38.7. The number of hydrazine groups is 1. The van der Waals surface area contributed by atoms with E-state index in [9.17, 15) is 15.3 Å². The summed E-state index contributed by atoms with van der Waals surface area (Å²) in [5.74, 6) is 6.98. The number of hydrogen-bond acceptors (Lipinski definition) is 7. The molecule has 1 heterocycles. The van der Waals surface area contributed by atoms with Crippen molar-refractivity contribution in [2.45, 2.75) is 144 Å². The van der Waals surface area contributed by atoms with Crippen molar-refractivity contribution >= 4 is 0 Å². The third-order valence-electron chi connectivity index (χ3n) is 10.7. The highest BCUT2D eigenvalue weighted by Crippen LogP contribution is 2.48. The van der Waals surface area contributed by atoms with E-state index in [1.807, 2.05) is 13.8 Å². The van der Waals surface area contributed by atoms with Gasteiger partial charge in [0, 0.05) is 6.42 Å². The van der Waals surface area contributed by atoms with Crippen molar-refractivity contribution in [3.63, 3.8) is 0 Å². The van der Waals surface area contributed by atoms with E-state index >= 15 is 0 Å². The maximum absolute atomic E-state index is 11.5. The van der Waals surface area contributed by atoms with Crippen molar-refractivity contribution in [1.29, 1.82) is 0 Å². The topological polar surface area (TPSA) is 117 Å². The van der Waals surface area contributed by atoms with Crippen LogP contribution >= 0.6 is 0 Å². The number of rotatable bonds is 10. The molecule has 6 N–H and O–H groups in total. The van der Waals surface area contributed by atoms with Crippen molar-refractivity contribution in [2.24, 2.45) is 59.1 Å². The second kappa shape index (κ2) is 19.2. The highest BCUT2D eigenvalue weighted by Gasteiger charge is 2.45. The highest BCUT2D eigenvalue weighted by molar-refractivity contribution is 4.94. The fourth-order valence-corrected chi connectivity index (χ4v) is 8.16. The van der Waals surface area contributed by atoms with Crippen LogP contribution in [0, 0.1) is 53.3 Å². The van der Waals surface area contributed by atoms with E-state index in [4.69, 9.17) is 9.47 Å². The Morgan fingerprint density at radius 3 is 2.07 bits per heavy atom. The van der Waals surface area contributed by atoms with Crippen LogP contribution in [0.15, 0.2) is 0 Å². The van der Waals surface area contributed by atoms with Crippen LogP contribution in [0.2, 0.25) is 0 Å². The van der Waals surface area contributed by atoms with Crippen LogP contribution < -0.4 is 11.3 Å². The van der Waals surface area contributed by atoms with Crippen molar-refractivity contribution in [2.75, 3.05) is 20.3 Å². The second-order valence-electron chi connectivity index (χ2n) is 13.8. The van der Waals surface area contributed by atoms with Crippen molar-refractivity contribution in [3.8, 4) is 0 Å². The second-order valence-corrected chi connectivity index (χ2v) is 13.8. The van der Waals surface area contributed by atoms with E-state index in [0.29, 0.717) is 54.6 Å². The normalized spacial score (nSPS) is 36.4. The standard InChI is InChI=1S/C31H58O5.C2H6.CH6N2/c1-8-15-31(7,34)36-17-24-16-19(2)9-12-26(24)22(5)29(32)30(33)23(6)27-13-10-20(3)25-14-11-21(4)35-18-28(25)27;1-2;1-3-2/h19-30,32-34H,8-18H2,1-7H3;1-2H3;3H,2H2,1H3/t19-,20-,21?,22?,23?,24?,25?,26+,27+,28?,29?,30?,31+;;/m1../s1. The number of ether oxygens (including phenoxy) is 2. The minimum Gasteiger partial charge on any atom is -0.390 e. The number of aliphatic hydroxyl groups excluding tert-OH is 2. The Hall–Kier alpha value is -0.280. The fourth-order valence-electron chi connectivity index (χ4n) is 8.16. The summed E-state index contributed by atoms with van der Waals surface area (Å²) in [7, 11) is 1.65. The smallest absolute Gasteiger partial charge is 0.162 e. The van der Waals surface area contributed by atoms with Gasteiger partial charge in [-0.25, -0.2) is 0 Å². The molecule has 1 saturated heterocycles. The Labute approximate surface area is 253 Å². The lowest BCUT2D eigenvalue weighted by atomic mass is 9.61. The first-order valence-electron chi connectivity index (χ1n) is 17.1. The molecule has 0 bridgehead atoms. The molecule has 2 saturated carbocycles. The van der Waals surface area contributed by atoms with Crippen LogP contribution in [0.4, 0.5) is 0 Å². The fraction of sp³-hybridized carbons (Fsp3) is 1.00. The Morgan fingerprint density at radius 2 is 1.49 bits per heavy atom. The Balaban J connectivity index is 0.00000157. The zero-order valence-corrected chi connectivity index (χ0v) is 28.4. The Kier molecular flexibility index (Phi) is 18.1. The molecule has 13 atom stereocenters. The molecule has 3 aliphatic rings. The van der Waals surface area contributed by atoms with Crippen LogP contribution in [-0.2, 0) is 9.47 Å². The summed E-state index contributed by atoms with van der Waals surface area (Å²) in [5.41, 5.74) is 2.25. The minimum absolute atomic E-state index is 0.0107. The summed E-state index contributed by atoms with van der Waals surface area (Å²) >= 11 is 0. The number of aliphatic hydroxyl groups is 3. The molecule has 0 radical (unpaired) electrons. The zero-order chi connectivity index (χ0) is 31.3. The van der Waals surface area contributed by atoms with Crippen LogP contribution in [-0.4, -0.2) is 59.7 Å². The first-order chi connectivity index (χ1) is 19.4. The van der Waals surface area contributed by atoms with Gasteiger partial charge in [0.15, 0.2) is 5.79 Å². The summed E-state index contributed by atoms with van der Waals surface area (Å²) in [6.07, 6.45) is 8.25. The van der Waals surface area contributed by atoms with E-state index in [0.717, 1.165) is 45.1 Å². The molecule has 7 heteroatoms. The number of hydrogen-bond donors (Lipinski definition) is 5. The third-order valence-corrected chi connectivity index (χ3v) is 10.7. The molecule has 246 valence electrons. The third kappa shape index (κ3) is 11.6. The molecule has 2 aliphatic carbocycles. The van der Waals surface area contributed by atoms with Gasteiger partial charge in [0.05, 0.1) is 31.5 Å². The molecule has 0 amide bonds. The molecule has 3 fully saturated rings. The Bertz CT molecular complexity index is 680. The van der Waals surface area contributed by atoms with Crippen molar-refractivity contribution in [3.05, 3.63) is 0 Å². The quantitative estimate of drug-likeness (QED) is 0.119. The van der Waals surface area contributed by atoms with Gasteiger partial charge < -0.3 is 24.8 Å². The lowest BCUT2D eigenvalue weighted by molar-refractivity contribution is -0.208. The molecular weight excluding hydrogens is 516 g/mol. The molecule has 1 aliphatic heterocycles. The molecule has 0 aromatic rings. The SMILES string of the molecule is CC.CCC[C@@](C)(O)OCC1C[C@H](C)CC[C@H]1C(C)C(O)C(O)C(C)[C@@H]1CC[C@@H](C)C2CCC(C)OCC21.CNN. The van der Waals surface area contributed by atoms with E-state index in [1.165, 1.54) is 12.8 Å². The molecule has 41 heavy (non-hydrogen) atoms. The first-order valence-corrected chi connectivity index (χ1v) is 17.1. The zero-order valence-electron chi connectivity index (χ0n) is 28.4. The van der Waals surface area contributed by atoms with E-state index in [1.54, 1.807) is 14.0 Å². The van der Waals surface area contributed by atoms with E-state index in [2.05, 4.69) is 52.8 Å². The van der Waals surface area contributed by atoms with Crippen LogP contribution in [0.5, 0.6) is 0 Å². The van der Waals surface area contributed by atoms with Gasteiger partial charge in [-0.1, -0.05) is 67.7 Å². The highest BCUT2D eigenvalue weighted by atomic mass is 16.6. The minimum atomic E-state index is -1.09. The molecular formula is C34H70N2O5. The Morgan fingerprint density at radius 1 is 0.927 bits per heavy atom. The molecule has 8 unspecified atom stereocenters. The van der Waals surface area contributed by atoms with Crippen molar-refractivity contribution in [1.82, 2.24) is 5.43 Å². The van der Waals surface area contributed by atoms with E-state index < -0.39 is 18.0 Å². The van der Waals surface area contributed by atoms with E-state index in [-0.39, 0.29) is 17.8 Å². The summed E-state index contributed by atoms with van der Waals surface area (Å²) in [6, 6.07) is 0. The molecule has 0 aromatic heterocycles. The lowest BCUT2D eigenvalue weighted by Gasteiger charge is -2.46. The number of nitrogens with two attached hydrogens (primary N) is 1. The van der Waals surface area contributed by atoms with Crippen LogP contribution in [0.1, 0.15) is 120 Å². The van der Waals surface area contributed by atoms with Crippen LogP contribution in [0.25, 0.3) is 0 Å². The van der Waals surface area contributed by atoms with Gasteiger partial charge in [-0.2, -0.15) is 0 Å². The van der Waals surface area contributed by atoms with Crippen LogP contribution in [0.3, 0.4) is 0 Å². The molecule has 7 nitrogen and oxygen atoms in total. The molecule has 0 aromatic carbocycles. The predicted octanol–water partition coefficient (Wildman–Crippen LogP) is 6.14. The average molecular weight is 587 g/mol. The van der Waals surface area contributed by atoms with Gasteiger partial charge in [-0.15, -0.1) is 0 Å². The van der Waals surface area contributed by atoms with Gasteiger partial charge in [0.1, 0.15) is 0 Å².